The summed E-state index contributed by atoms with van der Waals surface area (Å²) in [6, 6.07) is -0.236. The minimum absolute atomic E-state index is 0.00248. The molecule has 3 fully saturated rings. The monoisotopic (exact) mass is 408 g/mol. The van der Waals surface area contributed by atoms with Crippen LogP contribution in [0.5, 0.6) is 0 Å². The van der Waals surface area contributed by atoms with Gasteiger partial charge in [0.2, 0.25) is 5.91 Å². The molecule has 0 aromatic rings. The third-order valence-electron chi connectivity index (χ3n) is 4.59. The zero-order valence-electron chi connectivity index (χ0n) is 13.7. The molecule has 7 nitrogen and oxygen atoms in total. The molecule has 27 heavy (non-hydrogen) atoms. The van der Waals surface area contributed by atoms with Gasteiger partial charge in [0.15, 0.2) is 0 Å². The van der Waals surface area contributed by atoms with Crippen LogP contribution in [-0.4, -0.2) is 59.9 Å². The van der Waals surface area contributed by atoms with Gasteiger partial charge in [-0.05, 0) is 25.7 Å². The van der Waals surface area contributed by atoms with Crippen LogP contribution in [0.4, 0.5) is 26.3 Å². The smallest absolute Gasteiger partial charge is 0.475 e. The number of hydrogen-bond acceptors (Lipinski definition) is 5. The average molecular weight is 408 g/mol. The molecule has 3 rings (SSSR count). The number of hydrogen-bond donors (Lipinski definition) is 3. The second-order valence-corrected chi connectivity index (χ2v) is 6.62. The fraction of sp³-hybridized carbons (Fsp3) is 0.857. The Balaban J connectivity index is 0.000000321. The van der Waals surface area contributed by atoms with Crippen molar-refractivity contribution < 1.29 is 50.5 Å². The number of nitrogens with one attached hydrogen (secondary N) is 1. The summed E-state index contributed by atoms with van der Waals surface area (Å²) in [5.74, 6) is -3.12. The van der Waals surface area contributed by atoms with Gasteiger partial charge in [0.1, 0.15) is 0 Å². The first kappa shape index (κ1) is 21.7. The van der Waals surface area contributed by atoms with Crippen LogP contribution in [0.1, 0.15) is 25.7 Å². The minimum atomic E-state index is -5.08. The Morgan fingerprint density at radius 3 is 1.96 bits per heavy atom. The standard InChI is InChI=1S/C12H17F3N2O3.C2HF3O2/c13-12(14,15)20-6-1-5(2-6)17-11(18)7-3-10-8(16)4-9(7)19-10;3-2(4,5)1(6)7/h5-10H,1-4,16H2,(H,17,18);(H,6,7)/t5-,6+,7?,8?,9?,10?;. The molecular weight excluding hydrogens is 390 g/mol. The number of halogens is 6. The minimum Gasteiger partial charge on any atom is -0.475 e. The van der Waals surface area contributed by atoms with Crippen molar-refractivity contribution in [2.45, 2.75) is 68.6 Å². The maximum atomic E-state index is 12.0. The number of carbonyl (C=O) groups excluding carboxylic acids is 1. The topological polar surface area (TPSA) is 111 Å². The van der Waals surface area contributed by atoms with Crippen molar-refractivity contribution in [3.63, 3.8) is 0 Å². The molecule has 4 N–H and O–H groups in total. The zero-order valence-corrected chi connectivity index (χ0v) is 13.7. The van der Waals surface area contributed by atoms with Crippen LogP contribution in [0.25, 0.3) is 0 Å². The highest BCUT2D eigenvalue weighted by Gasteiger charge is 2.49. The maximum Gasteiger partial charge on any atom is 0.522 e. The van der Waals surface area contributed by atoms with Crippen LogP contribution in [0.2, 0.25) is 0 Å². The van der Waals surface area contributed by atoms with Crippen LogP contribution < -0.4 is 11.1 Å². The molecule has 4 atom stereocenters. The molecule has 2 aliphatic heterocycles. The number of rotatable bonds is 3. The summed E-state index contributed by atoms with van der Waals surface area (Å²) in [6.07, 6.45) is -9.05. The number of carbonyl (C=O) groups is 2. The molecule has 0 spiro atoms. The molecule has 1 saturated carbocycles. The highest BCUT2D eigenvalue weighted by molar-refractivity contribution is 5.80. The van der Waals surface area contributed by atoms with Crippen LogP contribution in [0.15, 0.2) is 0 Å². The van der Waals surface area contributed by atoms with Gasteiger partial charge < -0.3 is 20.9 Å². The van der Waals surface area contributed by atoms with Gasteiger partial charge in [-0.3, -0.25) is 9.53 Å². The van der Waals surface area contributed by atoms with Crippen LogP contribution in [0, 0.1) is 5.92 Å². The molecular formula is C14H18F6N2O5. The molecule has 0 radical (unpaired) electrons. The lowest BCUT2D eigenvalue weighted by Crippen LogP contribution is -2.52. The summed E-state index contributed by atoms with van der Waals surface area (Å²) in [6.45, 7) is 0. The molecule has 1 amide bonds. The normalized spacial score (nSPS) is 35.1. The number of nitrogens with two attached hydrogens (primary N) is 1. The summed E-state index contributed by atoms with van der Waals surface area (Å²) in [5.41, 5.74) is 5.82. The van der Waals surface area contributed by atoms with E-state index in [-0.39, 0.29) is 49.0 Å². The molecule has 3 aliphatic rings. The molecule has 2 bridgehead atoms. The van der Waals surface area contributed by atoms with E-state index in [9.17, 15) is 31.1 Å². The first-order valence-electron chi connectivity index (χ1n) is 8.02. The van der Waals surface area contributed by atoms with E-state index in [2.05, 4.69) is 10.1 Å². The van der Waals surface area contributed by atoms with Crippen molar-refractivity contribution in [2.75, 3.05) is 0 Å². The van der Waals surface area contributed by atoms with Crippen molar-refractivity contribution >= 4 is 11.9 Å². The summed E-state index contributed by atoms with van der Waals surface area (Å²) in [7, 11) is 0. The van der Waals surface area contributed by atoms with E-state index in [1.165, 1.54) is 0 Å². The van der Waals surface area contributed by atoms with E-state index in [1.807, 2.05) is 0 Å². The van der Waals surface area contributed by atoms with Crippen LogP contribution in [-0.2, 0) is 19.1 Å². The van der Waals surface area contributed by atoms with Gasteiger partial charge in [0, 0.05) is 12.1 Å². The average Bonchev–Trinajstić information content (AvgIpc) is 3.02. The Labute approximate surface area is 149 Å². The van der Waals surface area contributed by atoms with E-state index in [0.717, 1.165) is 0 Å². The quantitative estimate of drug-likeness (QED) is 0.608. The maximum absolute atomic E-state index is 12.0. The fourth-order valence-electron chi connectivity index (χ4n) is 3.25. The Morgan fingerprint density at radius 1 is 1.04 bits per heavy atom. The third-order valence-corrected chi connectivity index (χ3v) is 4.59. The SMILES string of the molecule is NC1CC2OC1CC2C(=O)N[C@H]1C[C@@H](OC(F)(F)F)C1.O=C(O)C(F)(F)F. The van der Waals surface area contributed by atoms with Gasteiger partial charge in [0.25, 0.3) is 0 Å². The second-order valence-electron chi connectivity index (χ2n) is 6.62. The molecule has 2 saturated heterocycles. The Morgan fingerprint density at radius 2 is 1.59 bits per heavy atom. The van der Waals surface area contributed by atoms with E-state index >= 15 is 0 Å². The van der Waals surface area contributed by atoms with E-state index in [1.54, 1.807) is 0 Å². The van der Waals surface area contributed by atoms with Gasteiger partial charge in [-0.15, -0.1) is 13.2 Å². The molecule has 4 unspecified atom stereocenters. The van der Waals surface area contributed by atoms with Gasteiger partial charge in [-0.2, -0.15) is 13.2 Å². The number of fused-ring (bicyclic) bond motifs is 2. The second kappa shape index (κ2) is 7.80. The number of ether oxygens (including phenoxy) is 2. The van der Waals surface area contributed by atoms with Crippen LogP contribution >= 0.6 is 0 Å². The van der Waals surface area contributed by atoms with Crippen molar-refractivity contribution in [1.29, 1.82) is 0 Å². The summed E-state index contributed by atoms with van der Waals surface area (Å²) < 4.78 is 77.1. The van der Waals surface area contributed by atoms with Gasteiger partial charge in [0.05, 0.1) is 24.2 Å². The highest BCUT2D eigenvalue weighted by atomic mass is 19.4. The summed E-state index contributed by atoms with van der Waals surface area (Å²) in [5, 5.41) is 9.89. The number of carboxylic acid groups (broad SMARTS) is 1. The predicted octanol–water partition coefficient (Wildman–Crippen LogP) is 1.31. The highest BCUT2D eigenvalue weighted by Crippen LogP contribution is 2.39. The van der Waals surface area contributed by atoms with Gasteiger partial charge in [-0.25, -0.2) is 4.79 Å². The third kappa shape index (κ3) is 5.94. The fourth-order valence-corrected chi connectivity index (χ4v) is 3.25. The zero-order chi connectivity index (χ0) is 20.6. The molecule has 2 heterocycles. The lowest BCUT2D eigenvalue weighted by atomic mass is 9.84. The molecule has 1 aliphatic carbocycles. The predicted molar refractivity (Wildman–Crippen MR) is 75.1 cm³/mol. The number of amides is 1. The number of alkyl halides is 6. The number of aliphatic carboxylic acids is 1. The summed E-state index contributed by atoms with van der Waals surface area (Å²) in [4.78, 5) is 20.9. The van der Waals surface area contributed by atoms with E-state index < -0.39 is 24.6 Å². The summed E-state index contributed by atoms with van der Waals surface area (Å²) >= 11 is 0. The van der Waals surface area contributed by atoms with Gasteiger partial charge >= 0.3 is 18.5 Å². The van der Waals surface area contributed by atoms with Crippen molar-refractivity contribution in [3.8, 4) is 0 Å². The largest absolute Gasteiger partial charge is 0.522 e. The van der Waals surface area contributed by atoms with Crippen molar-refractivity contribution in [1.82, 2.24) is 5.32 Å². The Bertz CT molecular complexity index is 561. The lowest BCUT2D eigenvalue weighted by Gasteiger charge is -2.36. The van der Waals surface area contributed by atoms with E-state index in [0.29, 0.717) is 12.8 Å². The lowest BCUT2D eigenvalue weighted by molar-refractivity contribution is -0.351. The van der Waals surface area contributed by atoms with Crippen molar-refractivity contribution in [2.24, 2.45) is 11.7 Å². The molecule has 0 aromatic carbocycles. The molecule has 0 aromatic heterocycles. The van der Waals surface area contributed by atoms with Crippen molar-refractivity contribution in [3.05, 3.63) is 0 Å². The van der Waals surface area contributed by atoms with Crippen LogP contribution in [0.3, 0.4) is 0 Å². The first-order valence-corrected chi connectivity index (χ1v) is 8.02. The van der Waals surface area contributed by atoms with E-state index in [4.69, 9.17) is 20.4 Å². The first-order chi connectivity index (χ1) is 12.3. The Hall–Kier alpha value is -1.60. The number of carboxylic acids is 1. The van der Waals surface area contributed by atoms with Gasteiger partial charge in [-0.1, -0.05) is 0 Å². The Kier molecular flexibility index (Phi) is 6.26. The molecule has 156 valence electrons. The molecule has 13 heteroatoms.